The summed E-state index contributed by atoms with van der Waals surface area (Å²) in [6.07, 6.45) is 3.67. The van der Waals surface area contributed by atoms with Gasteiger partial charge in [-0.05, 0) is 39.9 Å². The lowest BCUT2D eigenvalue weighted by Gasteiger charge is -2.40. The average Bonchev–Trinajstić information content (AvgIpc) is 2.17. The highest BCUT2D eigenvalue weighted by Gasteiger charge is 2.28. The van der Waals surface area contributed by atoms with Gasteiger partial charge in [0, 0.05) is 18.6 Å². The van der Waals surface area contributed by atoms with E-state index in [0.29, 0.717) is 12.1 Å². The molecule has 1 aliphatic rings. The molecule has 1 aliphatic heterocycles. The van der Waals surface area contributed by atoms with Crippen LogP contribution >= 0.6 is 0 Å². The van der Waals surface area contributed by atoms with Crippen molar-refractivity contribution in [3.05, 3.63) is 12.7 Å². The maximum atomic E-state index is 11.5. The summed E-state index contributed by atoms with van der Waals surface area (Å²) in [6.45, 7) is 6.47. The molecule has 14 heavy (non-hydrogen) atoms. The molecule has 0 N–H and O–H groups in total. The highest BCUT2D eigenvalue weighted by Crippen LogP contribution is 2.19. The second-order valence-corrected chi connectivity index (χ2v) is 4.24. The largest absolute Gasteiger partial charge is 0.335 e. The SMILES string of the molecule is C=CC(=O)N1C[C@H](N(C)C)CC[C@H]1C. The van der Waals surface area contributed by atoms with Gasteiger partial charge in [0.25, 0.3) is 0 Å². The van der Waals surface area contributed by atoms with Gasteiger partial charge in [-0.15, -0.1) is 0 Å². The van der Waals surface area contributed by atoms with E-state index in [1.807, 2.05) is 4.90 Å². The minimum absolute atomic E-state index is 0.0593. The molecule has 2 atom stereocenters. The summed E-state index contributed by atoms with van der Waals surface area (Å²) < 4.78 is 0. The third kappa shape index (κ3) is 2.35. The number of rotatable bonds is 2. The number of carbonyl (C=O) groups is 1. The second-order valence-electron chi connectivity index (χ2n) is 4.24. The summed E-state index contributed by atoms with van der Waals surface area (Å²) in [5.74, 6) is 0.0593. The van der Waals surface area contributed by atoms with Gasteiger partial charge in [0.15, 0.2) is 0 Å². The van der Waals surface area contributed by atoms with Crippen LogP contribution in [-0.2, 0) is 4.79 Å². The fourth-order valence-corrected chi connectivity index (χ4v) is 1.93. The zero-order chi connectivity index (χ0) is 10.7. The Labute approximate surface area is 86.4 Å². The van der Waals surface area contributed by atoms with E-state index < -0.39 is 0 Å². The molecule has 0 saturated carbocycles. The molecule has 1 heterocycles. The van der Waals surface area contributed by atoms with Gasteiger partial charge in [-0.3, -0.25) is 4.79 Å². The molecule has 0 aliphatic carbocycles. The van der Waals surface area contributed by atoms with Crippen LogP contribution in [0.3, 0.4) is 0 Å². The van der Waals surface area contributed by atoms with Gasteiger partial charge in [-0.2, -0.15) is 0 Å². The fourth-order valence-electron chi connectivity index (χ4n) is 1.93. The normalized spacial score (nSPS) is 27.9. The lowest BCUT2D eigenvalue weighted by molar-refractivity contribution is -0.130. The minimum atomic E-state index is 0.0593. The first kappa shape index (κ1) is 11.2. The van der Waals surface area contributed by atoms with Gasteiger partial charge < -0.3 is 9.80 Å². The number of likely N-dealkylation sites (tertiary alicyclic amines) is 1. The molecule has 1 amide bonds. The van der Waals surface area contributed by atoms with Crippen LogP contribution in [0, 0.1) is 0 Å². The summed E-state index contributed by atoms with van der Waals surface area (Å²) in [5, 5.41) is 0. The van der Waals surface area contributed by atoms with E-state index in [0.717, 1.165) is 13.0 Å². The van der Waals surface area contributed by atoms with Gasteiger partial charge in [0.1, 0.15) is 0 Å². The number of hydrogen-bond acceptors (Lipinski definition) is 2. The first-order valence-corrected chi connectivity index (χ1v) is 5.15. The summed E-state index contributed by atoms with van der Waals surface area (Å²) >= 11 is 0. The quantitative estimate of drug-likeness (QED) is 0.618. The summed E-state index contributed by atoms with van der Waals surface area (Å²) in [4.78, 5) is 15.6. The van der Waals surface area contributed by atoms with Crippen molar-refractivity contribution in [3.63, 3.8) is 0 Å². The van der Waals surface area contributed by atoms with Gasteiger partial charge >= 0.3 is 0 Å². The van der Waals surface area contributed by atoms with Crippen LogP contribution in [0.5, 0.6) is 0 Å². The van der Waals surface area contributed by atoms with Crippen molar-refractivity contribution in [2.24, 2.45) is 0 Å². The zero-order valence-electron chi connectivity index (χ0n) is 9.36. The van der Waals surface area contributed by atoms with Crippen LogP contribution in [-0.4, -0.2) is 48.4 Å². The van der Waals surface area contributed by atoms with Gasteiger partial charge in [-0.25, -0.2) is 0 Å². The molecule has 1 fully saturated rings. The Bertz CT molecular complexity index is 225. The maximum Gasteiger partial charge on any atom is 0.246 e. The Morgan fingerprint density at radius 3 is 2.64 bits per heavy atom. The van der Waals surface area contributed by atoms with Crippen LogP contribution in [0.15, 0.2) is 12.7 Å². The van der Waals surface area contributed by atoms with E-state index in [1.54, 1.807) is 0 Å². The predicted octanol–water partition coefficient (Wildman–Crippen LogP) is 1.11. The molecule has 1 saturated heterocycles. The molecular weight excluding hydrogens is 176 g/mol. The topological polar surface area (TPSA) is 23.6 Å². The van der Waals surface area contributed by atoms with Crippen LogP contribution in [0.2, 0.25) is 0 Å². The Kier molecular flexibility index (Phi) is 3.69. The third-order valence-electron chi connectivity index (χ3n) is 3.05. The Hall–Kier alpha value is -0.830. The van der Waals surface area contributed by atoms with E-state index in [2.05, 4.69) is 32.5 Å². The molecule has 0 radical (unpaired) electrons. The van der Waals surface area contributed by atoms with E-state index >= 15 is 0 Å². The first-order valence-electron chi connectivity index (χ1n) is 5.15. The van der Waals surface area contributed by atoms with E-state index in [9.17, 15) is 4.79 Å². The molecule has 1 rings (SSSR count). The number of piperidine rings is 1. The molecule has 0 spiro atoms. The first-order chi connectivity index (χ1) is 6.56. The van der Waals surface area contributed by atoms with E-state index in [4.69, 9.17) is 0 Å². The number of carbonyl (C=O) groups excluding carboxylic acids is 1. The zero-order valence-corrected chi connectivity index (χ0v) is 9.36. The van der Waals surface area contributed by atoms with Crippen molar-refractivity contribution in [2.75, 3.05) is 20.6 Å². The smallest absolute Gasteiger partial charge is 0.246 e. The van der Waals surface area contributed by atoms with Crippen molar-refractivity contribution < 1.29 is 4.79 Å². The lowest BCUT2D eigenvalue weighted by Crippen LogP contribution is -2.50. The Balaban J connectivity index is 2.64. The van der Waals surface area contributed by atoms with E-state index in [1.165, 1.54) is 12.5 Å². The number of likely N-dealkylation sites (N-methyl/N-ethyl adjacent to an activating group) is 1. The van der Waals surface area contributed by atoms with Crippen LogP contribution in [0.25, 0.3) is 0 Å². The molecule has 0 unspecified atom stereocenters. The lowest BCUT2D eigenvalue weighted by atomic mass is 9.98. The maximum absolute atomic E-state index is 11.5. The molecule has 3 heteroatoms. The minimum Gasteiger partial charge on any atom is -0.335 e. The summed E-state index contributed by atoms with van der Waals surface area (Å²) in [5.41, 5.74) is 0. The molecule has 3 nitrogen and oxygen atoms in total. The number of nitrogens with zero attached hydrogens (tertiary/aromatic N) is 2. The van der Waals surface area contributed by atoms with Gasteiger partial charge in [-0.1, -0.05) is 6.58 Å². The van der Waals surface area contributed by atoms with Crippen molar-refractivity contribution in [1.82, 2.24) is 9.80 Å². The third-order valence-corrected chi connectivity index (χ3v) is 3.05. The molecular formula is C11H20N2O. The average molecular weight is 196 g/mol. The summed E-state index contributed by atoms with van der Waals surface area (Å²) in [6, 6.07) is 0.854. The Morgan fingerprint density at radius 2 is 2.14 bits per heavy atom. The predicted molar refractivity (Wildman–Crippen MR) is 58.1 cm³/mol. The number of hydrogen-bond donors (Lipinski definition) is 0. The van der Waals surface area contributed by atoms with Gasteiger partial charge in [0.05, 0.1) is 0 Å². The number of amides is 1. The van der Waals surface area contributed by atoms with Crippen molar-refractivity contribution in [1.29, 1.82) is 0 Å². The molecule has 0 bridgehead atoms. The molecule has 0 aromatic heterocycles. The monoisotopic (exact) mass is 196 g/mol. The molecule has 0 aromatic rings. The van der Waals surface area contributed by atoms with Crippen LogP contribution in [0.1, 0.15) is 19.8 Å². The molecule has 0 aromatic carbocycles. The highest BCUT2D eigenvalue weighted by molar-refractivity contribution is 5.87. The van der Waals surface area contributed by atoms with Crippen LogP contribution in [0.4, 0.5) is 0 Å². The fraction of sp³-hybridized carbons (Fsp3) is 0.727. The standard InChI is InChI=1S/C11H20N2O/c1-5-11(14)13-8-10(12(3)4)7-6-9(13)2/h5,9-10H,1,6-8H2,2-4H3/t9-,10-/m1/s1. The van der Waals surface area contributed by atoms with Crippen molar-refractivity contribution >= 4 is 5.91 Å². The van der Waals surface area contributed by atoms with Gasteiger partial charge in [0.2, 0.25) is 5.91 Å². The van der Waals surface area contributed by atoms with E-state index in [-0.39, 0.29) is 5.91 Å². The van der Waals surface area contributed by atoms with Crippen LogP contribution < -0.4 is 0 Å². The Morgan fingerprint density at radius 1 is 1.50 bits per heavy atom. The second kappa shape index (κ2) is 4.60. The van der Waals surface area contributed by atoms with Crippen molar-refractivity contribution in [3.8, 4) is 0 Å². The van der Waals surface area contributed by atoms with Crippen molar-refractivity contribution in [2.45, 2.75) is 31.8 Å². The molecule has 80 valence electrons. The highest BCUT2D eigenvalue weighted by atomic mass is 16.2. The summed E-state index contributed by atoms with van der Waals surface area (Å²) in [7, 11) is 4.13.